The molecule has 0 aromatic heterocycles. The first-order valence-corrected chi connectivity index (χ1v) is 4.12. The SMILES string of the molecule is COC(=O)c1cc(F)c(F)cc1C(=O)Cl. The summed E-state index contributed by atoms with van der Waals surface area (Å²) in [5.41, 5.74) is -0.834. The second kappa shape index (κ2) is 4.35. The minimum absolute atomic E-state index is 0.406. The zero-order valence-corrected chi connectivity index (χ0v) is 8.27. The zero-order valence-electron chi connectivity index (χ0n) is 7.51. The van der Waals surface area contributed by atoms with Crippen molar-refractivity contribution in [2.75, 3.05) is 7.11 Å². The highest BCUT2D eigenvalue weighted by atomic mass is 35.5. The van der Waals surface area contributed by atoms with Crippen molar-refractivity contribution in [2.24, 2.45) is 0 Å². The van der Waals surface area contributed by atoms with Gasteiger partial charge in [-0.15, -0.1) is 0 Å². The predicted octanol–water partition coefficient (Wildman–Crippen LogP) is 2.13. The van der Waals surface area contributed by atoms with Gasteiger partial charge in [0.05, 0.1) is 18.2 Å². The molecule has 1 aromatic rings. The van der Waals surface area contributed by atoms with Crippen molar-refractivity contribution < 1.29 is 23.1 Å². The molecule has 0 amide bonds. The largest absolute Gasteiger partial charge is 0.465 e. The van der Waals surface area contributed by atoms with Crippen molar-refractivity contribution in [3.05, 3.63) is 34.9 Å². The summed E-state index contributed by atoms with van der Waals surface area (Å²) in [5.74, 6) is -3.47. The Morgan fingerprint density at radius 2 is 1.67 bits per heavy atom. The maximum Gasteiger partial charge on any atom is 0.338 e. The lowest BCUT2D eigenvalue weighted by molar-refractivity contribution is 0.0597. The van der Waals surface area contributed by atoms with Gasteiger partial charge in [-0.25, -0.2) is 13.6 Å². The molecule has 0 radical (unpaired) electrons. The van der Waals surface area contributed by atoms with Crippen molar-refractivity contribution in [3.63, 3.8) is 0 Å². The van der Waals surface area contributed by atoms with Gasteiger partial charge in [-0.2, -0.15) is 0 Å². The van der Waals surface area contributed by atoms with Crippen LogP contribution < -0.4 is 0 Å². The fourth-order valence-electron chi connectivity index (χ4n) is 0.988. The molecule has 0 aliphatic carbocycles. The molecule has 1 rings (SSSR count). The molecule has 0 heterocycles. The second-order valence-electron chi connectivity index (χ2n) is 2.58. The summed E-state index contributed by atoms with van der Waals surface area (Å²) in [6.07, 6.45) is 0. The van der Waals surface area contributed by atoms with Gasteiger partial charge in [0.25, 0.3) is 5.24 Å². The number of esters is 1. The molecule has 0 spiro atoms. The topological polar surface area (TPSA) is 43.4 Å². The molecule has 0 bridgehead atoms. The van der Waals surface area contributed by atoms with E-state index >= 15 is 0 Å². The Balaban J connectivity index is 3.41. The normalized spacial score (nSPS) is 9.87. The number of ether oxygens (including phenoxy) is 1. The van der Waals surface area contributed by atoms with E-state index in [1.165, 1.54) is 0 Å². The van der Waals surface area contributed by atoms with Crippen molar-refractivity contribution in [3.8, 4) is 0 Å². The summed E-state index contributed by atoms with van der Waals surface area (Å²) in [6, 6.07) is 1.12. The third kappa shape index (κ3) is 2.30. The van der Waals surface area contributed by atoms with Crippen molar-refractivity contribution >= 4 is 22.8 Å². The first kappa shape index (κ1) is 11.6. The number of hydrogen-bond donors (Lipinski definition) is 0. The van der Waals surface area contributed by atoms with E-state index in [-0.39, 0.29) is 0 Å². The predicted molar refractivity (Wildman–Crippen MR) is 47.9 cm³/mol. The van der Waals surface area contributed by atoms with Crippen LogP contribution in [-0.4, -0.2) is 18.3 Å². The van der Waals surface area contributed by atoms with Crippen LogP contribution in [0.2, 0.25) is 0 Å². The van der Waals surface area contributed by atoms with Gasteiger partial charge in [-0.05, 0) is 23.7 Å². The van der Waals surface area contributed by atoms with Crippen LogP contribution in [0, 0.1) is 11.6 Å². The summed E-state index contributed by atoms with van der Waals surface area (Å²) in [7, 11) is 1.05. The quantitative estimate of drug-likeness (QED) is 0.582. The van der Waals surface area contributed by atoms with Gasteiger partial charge in [-0.3, -0.25) is 4.79 Å². The Morgan fingerprint density at radius 3 is 2.07 bits per heavy atom. The Bertz CT molecular complexity index is 432. The van der Waals surface area contributed by atoms with Crippen LogP contribution in [0.4, 0.5) is 8.78 Å². The number of methoxy groups -OCH3 is 1. The summed E-state index contributed by atoms with van der Waals surface area (Å²) < 4.78 is 29.8. The van der Waals surface area contributed by atoms with Crippen molar-refractivity contribution in [2.45, 2.75) is 0 Å². The molecule has 0 atom stereocenters. The Labute approximate surface area is 88.6 Å². The fourth-order valence-corrected chi connectivity index (χ4v) is 1.14. The smallest absolute Gasteiger partial charge is 0.338 e. The first-order chi connectivity index (χ1) is 6.97. The monoisotopic (exact) mass is 234 g/mol. The standard InChI is InChI=1S/C9H5ClF2O3/c1-15-9(14)5-3-7(12)6(11)2-4(5)8(10)13/h2-3H,1H3. The van der Waals surface area contributed by atoms with Crippen molar-refractivity contribution in [1.29, 1.82) is 0 Å². The number of benzene rings is 1. The van der Waals surface area contributed by atoms with Gasteiger partial charge < -0.3 is 4.74 Å². The molecule has 0 saturated heterocycles. The minimum Gasteiger partial charge on any atom is -0.465 e. The zero-order chi connectivity index (χ0) is 11.6. The minimum atomic E-state index is -1.26. The maximum atomic E-state index is 12.8. The van der Waals surface area contributed by atoms with E-state index in [9.17, 15) is 18.4 Å². The molecule has 3 nitrogen and oxygen atoms in total. The van der Waals surface area contributed by atoms with Gasteiger partial charge in [0.2, 0.25) is 0 Å². The summed E-state index contributed by atoms with van der Waals surface area (Å²) >= 11 is 5.10. The van der Waals surface area contributed by atoms with Crippen LogP contribution in [0.5, 0.6) is 0 Å². The van der Waals surface area contributed by atoms with Crippen LogP contribution in [-0.2, 0) is 4.74 Å². The highest BCUT2D eigenvalue weighted by Gasteiger charge is 2.19. The summed E-state index contributed by atoms with van der Waals surface area (Å²) in [4.78, 5) is 21.9. The Hall–Kier alpha value is -1.49. The maximum absolute atomic E-state index is 12.8. The van der Waals surface area contributed by atoms with E-state index in [2.05, 4.69) is 4.74 Å². The van der Waals surface area contributed by atoms with E-state index in [4.69, 9.17) is 11.6 Å². The first-order valence-electron chi connectivity index (χ1n) is 3.74. The van der Waals surface area contributed by atoms with Crippen molar-refractivity contribution in [1.82, 2.24) is 0 Å². The van der Waals surface area contributed by atoms with Gasteiger partial charge in [-0.1, -0.05) is 0 Å². The van der Waals surface area contributed by atoms with Gasteiger partial charge in [0, 0.05) is 0 Å². The lowest BCUT2D eigenvalue weighted by Gasteiger charge is -2.04. The average Bonchev–Trinajstić information content (AvgIpc) is 2.20. The molecule has 0 fully saturated rings. The third-order valence-electron chi connectivity index (χ3n) is 1.68. The lowest BCUT2D eigenvalue weighted by Crippen LogP contribution is -2.09. The highest BCUT2D eigenvalue weighted by molar-refractivity contribution is 6.68. The number of rotatable bonds is 2. The molecular formula is C9H5ClF2O3. The van der Waals surface area contributed by atoms with Crippen LogP contribution in [0.1, 0.15) is 20.7 Å². The average molecular weight is 235 g/mol. The molecule has 0 aliphatic heterocycles. The molecule has 1 aromatic carbocycles. The molecule has 80 valence electrons. The van der Waals surface area contributed by atoms with Gasteiger partial charge in [0.1, 0.15) is 0 Å². The highest BCUT2D eigenvalue weighted by Crippen LogP contribution is 2.17. The molecule has 0 saturated carbocycles. The van der Waals surface area contributed by atoms with E-state index in [1.54, 1.807) is 0 Å². The van der Waals surface area contributed by atoms with E-state index in [0.29, 0.717) is 12.1 Å². The fraction of sp³-hybridized carbons (Fsp3) is 0.111. The number of carbonyl (C=O) groups excluding carboxylic acids is 2. The van der Waals surface area contributed by atoms with E-state index in [1.807, 2.05) is 0 Å². The van der Waals surface area contributed by atoms with E-state index in [0.717, 1.165) is 7.11 Å². The summed E-state index contributed by atoms with van der Waals surface area (Å²) in [5, 5.41) is -1.06. The Kier molecular flexibility index (Phi) is 3.36. The number of hydrogen-bond acceptors (Lipinski definition) is 3. The molecule has 0 unspecified atom stereocenters. The molecule has 0 N–H and O–H groups in total. The molecule has 6 heteroatoms. The van der Waals surface area contributed by atoms with Crippen LogP contribution in [0.3, 0.4) is 0 Å². The third-order valence-corrected chi connectivity index (χ3v) is 1.88. The van der Waals surface area contributed by atoms with E-state index < -0.39 is 34.0 Å². The molecule has 0 aliphatic rings. The van der Waals surface area contributed by atoms with Crippen LogP contribution >= 0.6 is 11.6 Å². The Morgan fingerprint density at radius 1 is 1.20 bits per heavy atom. The second-order valence-corrected chi connectivity index (χ2v) is 2.92. The number of halogens is 3. The van der Waals surface area contributed by atoms with Gasteiger partial charge >= 0.3 is 5.97 Å². The molecular weight excluding hydrogens is 230 g/mol. The van der Waals surface area contributed by atoms with Crippen LogP contribution in [0.15, 0.2) is 12.1 Å². The van der Waals surface area contributed by atoms with Crippen LogP contribution in [0.25, 0.3) is 0 Å². The lowest BCUT2D eigenvalue weighted by atomic mass is 10.1. The number of carbonyl (C=O) groups is 2. The molecule has 15 heavy (non-hydrogen) atoms. The van der Waals surface area contributed by atoms with Gasteiger partial charge in [0.15, 0.2) is 11.6 Å². The summed E-state index contributed by atoms with van der Waals surface area (Å²) in [6.45, 7) is 0.